The van der Waals surface area contributed by atoms with E-state index in [0.717, 1.165) is 0 Å². The van der Waals surface area contributed by atoms with Crippen molar-refractivity contribution in [2.75, 3.05) is 5.73 Å². The number of anilines is 1. The molecule has 1 aromatic carbocycles. The Balaban J connectivity index is 2.49. The van der Waals surface area contributed by atoms with Crippen LogP contribution < -0.4 is 5.73 Å². The lowest BCUT2D eigenvalue weighted by Crippen LogP contribution is -2.33. The van der Waals surface area contributed by atoms with Gasteiger partial charge in [-0.05, 0) is 32.0 Å². The highest BCUT2D eigenvalue weighted by atomic mass is 32.2. The van der Waals surface area contributed by atoms with Gasteiger partial charge in [0.25, 0.3) is 0 Å². The van der Waals surface area contributed by atoms with Crippen LogP contribution in [0.2, 0.25) is 0 Å². The molecule has 0 amide bonds. The number of benzene rings is 1. The summed E-state index contributed by atoms with van der Waals surface area (Å²) in [6.07, 6.45) is 1.53. The van der Waals surface area contributed by atoms with E-state index in [-0.39, 0.29) is 10.5 Å². The van der Waals surface area contributed by atoms with E-state index in [1.54, 1.807) is 6.07 Å². The smallest absolute Gasteiger partial charge is 0.191 e. The van der Waals surface area contributed by atoms with Gasteiger partial charge in [0, 0.05) is 22.8 Å². The Morgan fingerprint density at radius 3 is 2.63 bits per heavy atom. The van der Waals surface area contributed by atoms with Crippen molar-refractivity contribution < 1.29 is 13.2 Å². The number of sulfone groups is 1. The van der Waals surface area contributed by atoms with E-state index >= 15 is 0 Å². The minimum atomic E-state index is -3.67. The fourth-order valence-electron chi connectivity index (χ4n) is 2.32. The van der Waals surface area contributed by atoms with Gasteiger partial charge < -0.3 is 5.73 Å². The molecule has 2 heterocycles. The van der Waals surface area contributed by atoms with Crippen LogP contribution in [0.25, 0.3) is 10.9 Å². The Labute approximate surface area is 110 Å². The molecular weight excluding hydrogens is 264 g/mol. The van der Waals surface area contributed by atoms with Gasteiger partial charge in [-0.1, -0.05) is 0 Å². The molecule has 0 unspecified atom stereocenters. The largest absolute Gasteiger partial charge is 0.398 e. The van der Waals surface area contributed by atoms with Crippen LogP contribution in [0.4, 0.5) is 5.69 Å². The Morgan fingerprint density at radius 2 is 1.95 bits per heavy atom. The first-order chi connectivity index (χ1) is 8.76. The number of carbonyl (C=O) groups excluding carboxylic acids is 1. The van der Waals surface area contributed by atoms with Gasteiger partial charge in [0.15, 0.2) is 15.6 Å². The predicted octanol–water partition coefficient (Wildman–Crippen LogP) is 1.57. The second-order valence-corrected chi connectivity index (χ2v) is 7.58. The third kappa shape index (κ3) is 1.32. The maximum absolute atomic E-state index is 12.4. The molecule has 6 heteroatoms. The molecule has 0 fully saturated rings. The van der Waals surface area contributed by atoms with E-state index in [1.807, 2.05) is 0 Å². The second kappa shape index (κ2) is 3.33. The monoisotopic (exact) mass is 276 g/mol. The molecule has 5 nitrogen and oxygen atoms in total. The maximum Gasteiger partial charge on any atom is 0.191 e. The average molecular weight is 276 g/mol. The molecule has 0 spiro atoms. The van der Waals surface area contributed by atoms with Crippen LogP contribution in [0.15, 0.2) is 29.3 Å². The molecule has 0 saturated carbocycles. The van der Waals surface area contributed by atoms with Crippen molar-refractivity contribution in [2.45, 2.75) is 23.5 Å². The van der Waals surface area contributed by atoms with Gasteiger partial charge in [0.1, 0.15) is 4.75 Å². The lowest BCUT2D eigenvalue weighted by molar-refractivity contribution is 0.0959. The molecule has 0 atom stereocenters. The number of carbonyl (C=O) groups is 1. The van der Waals surface area contributed by atoms with Crippen molar-refractivity contribution in [3.63, 3.8) is 0 Å². The zero-order valence-electron chi connectivity index (χ0n) is 10.5. The molecule has 1 aliphatic heterocycles. The lowest BCUT2D eigenvalue weighted by atomic mass is 9.99. The van der Waals surface area contributed by atoms with Gasteiger partial charge in [-0.2, -0.15) is 0 Å². The summed E-state index contributed by atoms with van der Waals surface area (Å²) in [5, 5.41) is 0.551. The second-order valence-electron chi connectivity index (χ2n) is 5.11. The number of nitrogens with two attached hydrogens (primary N) is 1. The Bertz CT molecular complexity index is 838. The van der Waals surface area contributed by atoms with E-state index in [4.69, 9.17) is 5.73 Å². The Morgan fingerprint density at radius 1 is 1.26 bits per heavy atom. The van der Waals surface area contributed by atoms with Crippen LogP contribution >= 0.6 is 0 Å². The normalized spacial score (nSPS) is 19.6. The van der Waals surface area contributed by atoms with Gasteiger partial charge in [-0.15, -0.1) is 0 Å². The molecule has 0 aliphatic carbocycles. The number of Topliss-reactive ketones (excluding diaryl/α,β-unsaturated/α-hetero) is 1. The molecule has 1 aromatic heterocycles. The highest BCUT2D eigenvalue weighted by Gasteiger charge is 2.51. The zero-order valence-corrected chi connectivity index (χ0v) is 11.3. The van der Waals surface area contributed by atoms with E-state index in [2.05, 4.69) is 4.98 Å². The highest BCUT2D eigenvalue weighted by Crippen LogP contribution is 2.40. The molecule has 0 saturated heterocycles. The van der Waals surface area contributed by atoms with Crippen molar-refractivity contribution in [2.24, 2.45) is 0 Å². The van der Waals surface area contributed by atoms with E-state index in [1.165, 1.54) is 32.2 Å². The summed E-state index contributed by atoms with van der Waals surface area (Å²) in [6.45, 7) is 2.85. The number of nitrogens with zero attached hydrogens (tertiary/aromatic N) is 1. The minimum Gasteiger partial charge on any atom is -0.398 e. The third-order valence-corrected chi connectivity index (χ3v) is 6.08. The molecule has 0 radical (unpaired) electrons. The van der Waals surface area contributed by atoms with Gasteiger partial charge >= 0.3 is 0 Å². The number of hydrogen-bond acceptors (Lipinski definition) is 5. The standard InChI is InChI=1S/C13H12N2O3S/c1-13(2)12(16)8-5-10-7(9(14)3-4-15-10)6-11(8)19(13,17)18/h3-6H,1-2H3,(H2,14,15). The molecule has 2 aromatic rings. The van der Waals surface area contributed by atoms with Crippen LogP contribution in [-0.2, 0) is 9.84 Å². The van der Waals surface area contributed by atoms with Crippen LogP contribution in [0.1, 0.15) is 24.2 Å². The number of hydrogen-bond donors (Lipinski definition) is 1. The van der Waals surface area contributed by atoms with E-state index in [0.29, 0.717) is 16.6 Å². The first-order valence-electron chi connectivity index (χ1n) is 5.74. The summed E-state index contributed by atoms with van der Waals surface area (Å²) in [5.41, 5.74) is 7.00. The van der Waals surface area contributed by atoms with Crippen molar-refractivity contribution in [3.8, 4) is 0 Å². The number of rotatable bonds is 0. The third-order valence-electron chi connectivity index (χ3n) is 3.63. The van der Waals surface area contributed by atoms with Gasteiger partial charge in [0.2, 0.25) is 0 Å². The zero-order chi connectivity index (χ0) is 14.0. The van der Waals surface area contributed by atoms with Crippen molar-refractivity contribution >= 4 is 32.2 Å². The number of nitrogen functional groups attached to an aromatic ring is 1. The SMILES string of the molecule is CC1(C)C(=O)c2cc3nccc(N)c3cc2S1(=O)=O. The number of aromatic nitrogens is 1. The topological polar surface area (TPSA) is 90.1 Å². The van der Waals surface area contributed by atoms with Crippen LogP contribution in [0.5, 0.6) is 0 Å². The number of fused-ring (bicyclic) bond motifs is 2. The van der Waals surface area contributed by atoms with Crippen molar-refractivity contribution in [1.82, 2.24) is 4.98 Å². The van der Waals surface area contributed by atoms with Gasteiger partial charge in [-0.25, -0.2) is 8.42 Å². The molecule has 2 N–H and O–H groups in total. The van der Waals surface area contributed by atoms with Gasteiger partial charge in [0.05, 0.1) is 10.4 Å². The quantitative estimate of drug-likeness (QED) is 0.788. The molecule has 0 bridgehead atoms. The number of pyridine rings is 1. The molecule has 19 heavy (non-hydrogen) atoms. The van der Waals surface area contributed by atoms with Crippen LogP contribution in [0.3, 0.4) is 0 Å². The van der Waals surface area contributed by atoms with E-state index < -0.39 is 20.4 Å². The molecule has 98 valence electrons. The number of ketones is 1. The summed E-state index contributed by atoms with van der Waals surface area (Å²) >= 11 is 0. The molecular formula is C13H12N2O3S. The first kappa shape index (κ1) is 12.1. The fraction of sp³-hybridized carbons (Fsp3) is 0.231. The van der Waals surface area contributed by atoms with Crippen LogP contribution in [-0.4, -0.2) is 23.9 Å². The predicted molar refractivity (Wildman–Crippen MR) is 71.8 cm³/mol. The summed E-state index contributed by atoms with van der Waals surface area (Å²) in [7, 11) is -3.67. The Hall–Kier alpha value is -1.95. The Kier molecular flexibility index (Phi) is 2.12. The van der Waals surface area contributed by atoms with Crippen molar-refractivity contribution in [1.29, 1.82) is 0 Å². The molecule has 3 rings (SSSR count). The van der Waals surface area contributed by atoms with Crippen molar-refractivity contribution in [3.05, 3.63) is 30.0 Å². The fourth-order valence-corrected chi connectivity index (χ4v) is 3.93. The lowest BCUT2D eigenvalue weighted by Gasteiger charge is -2.13. The average Bonchev–Trinajstić information content (AvgIpc) is 2.48. The summed E-state index contributed by atoms with van der Waals surface area (Å²) in [5.74, 6) is -0.395. The highest BCUT2D eigenvalue weighted by molar-refractivity contribution is 7.94. The summed E-state index contributed by atoms with van der Waals surface area (Å²) in [4.78, 5) is 16.4. The summed E-state index contributed by atoms with van der Waals surface area (Å²) < 4.78 is 23.3. The molecule has 1 aliphatic rings. The van der Waals surface area contributed by atoms with Crippen LogP contribution in [0, 0.1) is 0 Å². The van der Waals surface area contributed by atoms with Gasteiger partial charge in [-0.3, -0.25) is 9.78 Å². The minimum absolute atomic E-state index is 0.0506. The van der Waals surface area contributed by atoms with E-state index in [9.17, 15) is 13.2 Å². The first-order valence-corrected chi connectivity index (χ1v) is 7.23. The summed E-state index contributed by atoms with van der Waals surface area (Å²) in [6, 6.07) is 4.56. The maximum atomic E-state index is 12.4.